The molecule has 0 spiro atoms. The smallest absolute Gasteiger partial charge is 0.191 e. The molecule has 0 bridgehead atoms. The molecule has 8 heteroatoms. The number of rotatable bonds is 7. The first-order valence-corrected chi connectivity index (χ1v) is 8.44. The van der Waals surface area contributed by atoms with E-state index in [1.54, 1.807) is 0 Å². The number of aliphatic imine (C=N–C) groups is 1. The zero-order valence-electron chi connectivity index (χ0n) is 14.6. The summed E-state index contributed by atoms with van der Waals surface area (Å²) in [5.74, 6) is -0.366. The molecule has 0 aromatic heterocycles. The lowest BCUT2D eigenvalue weighted by Gasteiger charge is -2.25. The van der Waals surface area contributed by atoms with E-state index in [1.165, 1.54) is 12.1 Å². The van der Waals surface area contributed by atoms with Crippen LogP contribution in [0.3, 0.4) is 0 Å². The maximum Gasteiger partial charge on any atom is 0.191 e. The van der Waals surface area contributed by atoms with Crippen LogP contribution in [0.4, 0.5) is 8.78 Å². The Hall–Kier alpha value is -1.00. The van der Waals surface area contributed by atoms with Crippen LogP contribution in [0.1, 0.15) is 12.5 Å². The van der Waals surface area contributed by atoms with Gasteiger partial charge in [-0.05, 0) is 31.0 Å². The number of hydrogen-bond donors (Lipinski definition) is 2. The number of halogens is 3. The van der Waals surface area contributed by atoms with Crippen LogP contribution in [0.25, 0.3) is 0 Å². The summed E-state index contributed by atoms with van der Waals surface area (Å²) in [7, 11) is 0. The van der Waals surface area contributed by atoms with Gasteiger partial charge in [0.05, 0.1) is 19.8 Å². The van der Waals surface area contributed by atoms with E-state index in [0.29, 0.717) is 25.1 Å². The molecule has 0 amide bonds. The minimum Gasteiger partial charge on any atom is -0.379 e. The summed E-state index contributed by atoms with van der Waals surface area (Å²) in [6, 6.07) is 3.59. The van der Waals surface area contributed by atoms with E-state index < -0.39 is 11.6 Å². The SMILES string of the molecule is CCNC(=NCCN1CCOCC1)NCCc1cc(F)cc(F)c1.I. The number of nitrogens with one attached hydrogen (secondary N) is 2. The standard InChI is InChI=1S/C17H26F2N4O.HI/c1-2-20-17(22-5-6-23-7-9-24-10-8-23)21-4-3-14-11-15(18)13-16(19)12-14;/h11-13H,2-10H2,1H3,(H2,20,21,22);1H. The Morgan fingerprint density at radius 1 is 1.16 bits per heavy atom. The Bertz CT molecular complexity index is 519. The molecule has 0 saturated carbocycles. The molecule has 2 rings (SSSR count). The van der Waals surface area contributed by atoms with Crippen molar-refractivity contribution in [2.75, 3.05) is 52.5 Å². The Kier molecular flexibility index (Phi) is 10.9. The van der Waals surface area contributed by atoms with Gasteiger partial charge in [-0.25, -0.2) is 8.78 Å². The van der Waals surface area contributed by atoms with E-state index in [-0.39, 0.29) is 24.0 Å². The van der Waals surface area contributed by atoms with E-state index >= 15 is 0 Å². The van der Waals surface area contributed by atoms with Crippen LogP contribution in [0.5, 0.6) is 0 Å². The highest BCUT2D eigenvalue weighted by Gasteiger charge is 2.09. The maximum atomic E-state index is 13.2. The second-order valence-electron chi connectivity index (χ2n) is 5.67. The van der Waals surface area contributed by atoms with Crippen molar-refractivity contribution in [3.8, 4) is 0 Å². The first-order chi connectivity index (χ1) is 11.7. The number of benzene rings is 1. The topological polar surface area (TPSA) is 48.9 Å². The minimum atomic E-state index is -0.545. The van der Waals surface area contributed by atoms with Gasteiger partial charge in [0, 0.05) is 38.8 Å². The number of nitrogens with zero attached hydrogens (tertiary/aromatic N) is 2. The van der Waals surface area contributed by atoms with Gasteiger partial charge in [0.2, 0.25) is 0 Å². The lowest BCUT2D eigenvalue weighted by Crippen LogP contribution is -2.40. The van der Waals surface area contributed by atoms with Gasteiger partial charge in [-0.1, -0.05) is 0 Å². The second kappa shape index (κ2) is 12.4. The molecule has 5 nitrogen and oxygen atoms in total. The van der Waals surface area contributed by atoms with Crippen LogP contribution in [0, 0.1) is 11.6 Å². The fourth-order valence-electron chi connectivity index (χ4n) is 2.55. The first-order valence-electron chi connectivity index (χ1n) is 8.44. The van der Waals surface area contributed by atoms with Gasteiger partial charge in [0.25, 0.3) is 0 Å². The lowest BCUT2D eigenvalue weighted by molar-refractivity contribution is 0.0394. The van der Waals surface area contributed by atoms with E-state index in [1.807, 2.05) is 6.92 Å². The molecule has 1 saturated heterocycles. The van der Waals surface area contributed by atoms with Gasteiger partial charge in [-0.2, -0.15) is 0 Å². The summed E-state index contributed by atoms with van der Waals surface area (Å²) in [4.78, 5) is 6.86. The number of guanidine groups is 1. The van der Waals surface area contributed by atoms with Gasteiger partial charge in [-0.3, -0.25) is 9.89 Å². The molecule has 0 aliphatic carbocycles. The van der Waals surface area contributed by atoms with Crippen LogP contribution < -0.4 is 10.6 Å². The Morgan fingerprint density at radius 3 is 2.48 bits per heavy atom. The second-order valence-corrected chi connectivity index (χ2v) is 5.67. The molecule has 1 aromatic carbocycles. The molecule has 1 aromatic rings. The van der Waals surface area contributed by atoms with Crippen molar-refractivity contribution >= 4 is 29.9 Å². The maximum absolute atomic E-state index is 13.2. The molecule has 1 aliphatic heterocycles. The summed E-state index contributed by atoms with van der Waals surface area (Å²) in [6.45, 7) is 8.39. The van der Waals surface area contributed by atoms with Crippen molar-refractivity contribution < 1.29 is 13.5 Å². The molecular formula is C17H27F2IN4O. The molecule has 1 aliphatic rings. The normalized spacial score (nSPS) is 15.6. The van der Waals surface area contributed by atoms with Crippen LogP contribution in [-0.4, -0.2) is 63.3 Å². The van der Waals surface area contributed by atoms with Gasteiger partial charge in [0.15, 0.2) is 5.96 Å². The van der Waals surface area contributed by atoms with E-state index in [0.717, 1.165) is 51.4 Å². The predicted octanol–water partition coefficient (Wildman–Crippen LogP) is 2.01. The fraction of sp³-hybridized carbons (Fsp3) is 0.588. The zero-order valence-corrected chi connectivity index (χ0v) is 16.9. The largest absolute Gasteiger partial charge is 0.379 e. The molecule has 0 radical (unpaired) electrons. The Balaban J connectivity index is 0.00000312. The number of morpholine rings is 1. The van der Waals surface area contributed by atoms with Crippen LogP contribution in [0.15, 0.2) is 23.2 Å². The Labute approximate surface area is 165 Å². The number of hydrogen-bond acceptors (Lipinski definition) is 3. The zero-order chi connectivity index (χ0) is 17.2. The quantitative estimate of drug-likeness (QED) is 0.366. The molecule has 25 heavy (non-hydrogen) atoms. The molecule has 1 fully saturated rings. The minimum absolute atomic E-state index is 0. The monoisotopic (exact) mass is 468 g/mol. The van der Waals surface area contributed by atoms with Gasteiger partial charge >= 0.3 is 0 Å². The average Bonchev–Trinajstić information content (AvgIpc) is 2.55. The van der Waals surface area contributed by atoms with Crippen LogP contribution in [-0.2, 0) is 11.2 Å². The Morgan fingerprint density at radius 2 is 1.84 bits per heavy atom. The third-order valence-electron chi connectivity index (χ3n) is 3.76. The van der Waals surface area contributed by atoms with E-state index in [9.17, 15) is 8.78 Å². The van der Waals surface area contributed by atoms with Crippen molar-refractivity contribution in [2.45, 2.75) is 13.3 Å². The molecule has 142 valence electrons. The van der Waals surface area contributed by atoms with Crippen molar-refractivity contribution in [3.05, 3.63) is 35.4 Å². The lowest BCUT2D eigenvalue weighted by atomic mass is 10.1. The summed E-state index contributed by atoms with van der Waals surface area (Å²) in [5.41, 5.74) is 0.629. The van der Waals surface area contributed by atoms with Crippen LogP contribution in [0.2, 0.25) is 0 Å². The van der Waals surface area contributed by atoms with Crippen molar-refractivity contribution in [1.82, 2.24) is 15.5 Å². The first kappa shape index (κ1) is 22.0. The fourth-order valence-corrected chi connectivity index (χ4v) is 2.55. The highest BCUT2D eigenvalue weighted by Crippen LogP contribution is 2.08. The third kappa shape index (κ3) is 8.77. The van der Waals surface area contributed by atoms with Gasteiger partial charge in [0.1, 0.15) is 11.6 Å². The van der Waals surface area contributed by atoms with Gasteiger partial charge < -0.3 is 15.4 Å². The summed E-state index contributed by atoms with van der Waals surface area (Å²) < 4.78 is 31.7. The summed E-state index contributed by atoms with van der Waals surface area (Å²) >= 11 is 0. The predicted molar refractivity (Wildman–Crippen MR) is 107 cm³/mol. The third-order valence-corrected chi connectivity index (χ3v) is 3.76. The molecule has 1 heterocycles. The van der Waals surface area contributed by atoms with Crippen molar-refractivity contribution in [3.63, 3.8) is 0 Å². The summed E-state index contributed by atoms with van der Waals surface area (Å²) in [5, 5.41) is 6.37. The highest BCUT2D eigenvalue weighted by molar-refractivity contribution is 14.0. The average molecular weight is 468 g/mol. The van der Waals surface area contributed by atoms with Crippen LogP contribution >= 0.6 is 24.0 Å². The van der Waals surface area contributed by atoms with E-state index in [2.05, 4.69) is 20.5 Å². The summed E-state index contributed by atoms with van der Waals surface area (Å²) in [6.07, 6.45) is 0.530. The highest BCUT2D eigenvalue weighted by atomic mass is 127. The van der Waals surface area contributed by atoms with Crippen molar-refractivity contribution in [1.29, 1.82) is 0 Å². The molecule has 0 atom stereocenters. The van der Waals surface area contributed by atoms with Crippen molar-refractivity contribution in [2.24, 2.45) is 4.99 Å². The molecular weight excluding hydrogens is 441 g/mol. The van der Waals surface area contributed by atoms with E-state index in [4.69, 9.17) is 4.74 Å². The molecule has 2 N–H and O–H groups in total. The molecule has 0 unspecified atom stereocenters. The van der Waals surface area contributed by atoms with Gasteiger partial charge in [-0.15, -0.1) is 24.0 Å². The number of ether oxygens (including phenoxy) is 1.